The van der Waals surface area contributed by atoms with E-state index in [0.717, 1.165) is 22.4 Å². The smallest absolute Gasteiger partial charge is 0.146 e. The second-order valence-corrected chi connectivity index (χ2v) is 3.78. The number of rotatable bonds is 2. The van der Waals surface area contributed by atoms with Gasteiger partial charge < -0.3 is 4.74 Å². The van der Waals surface area contributed by atoms with Gasteiger partial charge in [0.25, 0.3) is 0 Å². The molecule has 1 aromatic heterocycles. The number of nitrogens with zero attached hydrogens (tertiary/aromatic N) is 1. The molecule has 0 aliphatic carbocycles. The van der Waals surface area contributed by atoms with Gasteiger partial charge >= 0.3 is 0 Å². The molecule has 0 saturated heterocycles. The van der Waals surface area contributed by atoms with E-state index in [-0.39, 0.29) is 0 Å². The van der Waals surface area contributed by atoms with Crippen LogP contribution >= 0.6 is 0 Å². The molecule has 0 bridgehead atoms. The maximum absolute atomic E-state index is 5.72. The predicted molar refractivity (Wildman–Crippen MR) is 68.3 cm³/mol. The van der Waals surface area contributed by atoms with Crippen LogP contribution in [0, 0.1) is 0 Å². The fourth-order valence-electron chi connectivity index (χ4n) is 1.73. The second-order valence-electron chi connectivity index (χ2n) is 3.78. The van der Waals surface area contributed by atoms with Crippen LogP contribution in [0.1, 0.15) is 0 Å². The predicted octanol–water partition coefficient (Wildman–Crippen LogP) is 4.03. The van der Waals surface area contributed by atoms with Crippen LogP contribution in [-0.4, -0.2) is 4.98 Å². The average molecular weight is 221 g/mol. The Labute approximate surface area is 99.5 Å². The molecule has 3 aromatic rings. The van der Waals surface area contributed by atoms with Crippen molar-refractivity contribution in [2.24, 2.45) is 0 Å². The zero-order chi connectivity index (χ0) is 11.5. The summed E-state index contributed by atoms with van der Waals surface area (Å²) in [5.74, 6) is 1.58. The Morgan fingerprint density at radius 2 is 1.53 bits per heavy atom. The Morgan fingerprint density at radius 1 is 0.765 bits per heavy atom. The molecule has 0 fully saturated rings. The first-order valence-electron chi connectivity index (χ1n) is 5.49. The summed E-state index contributed by atoms with van der Waals surface area (Å²) in [4.78, 5) is 4.35. The van der Waals surface area contributed by atoms with Crippen LogP contribution in [0.25, 0.3) is 10.9 Å². The van der Waals surface area contributed by atoms with Crippen LogP contribution < -0.4 is 4.74 Å². The van der Waals surface area contributed by atoms with Crippen LogP contribution in [0.4, 0.5) is 0 Å². The van der Waals surface area contributed by atoms with E-state index in [2.05, 4.69) is 4.98 Å². The molecule has 0 saturated carbocycles. The van der Waals surface area contributed by atoms with E-state index < -0.39 is 0 Å². The van der Waals surface area contributed by atoms with Crippen molar-refractivity contribution < 1.29 is 4.74 Å². The minimum atomic E-state index is 0.759. The first kappa shape index (κ1) is 9.85. The largest absolute Gasteiger partial charge is 0.456 e. The summed E-state index contributed by atoms with van der Waals surface area (Å²) in [6, 6.07) is 19.7. The molecule has 0 aliphatic rings. The lowest BCUT2D eigenvalue weighted by Gasteiger charge is -2.05. The monoisotopic (exact) mass is 221 g/mol. The molecule has 0 unspecified atom stereocenters. The van der Waals surface area contributed by atoms with Crippen LogP contribution in [-0.2, 0) is 0 Å². The molecule has 1 heterocycles. The summed E-state index contributed by atoms with van der Waals surface area (Å²) >= 11 is 0. The number of benzene rings is 2. The molecule has 0 aliphatic heterocycles. The van der Waals surface area contributed by atoms with Crippen LogP contribution in [0.15, 0.2) is 66.9 Å². The molecule has 2 aromatic carbocycles. The van der Waals surface area contributed by atoms with Gasteiger partial charge in [-0.1, -0.05) is 36.4 Å². The third kappa shape index (κ3) is 2.11. The minimum absolute atomic E-state index is 0.759. The lowest BCUT2D eigenvalue weighted by Crippen LogP contribution is -1.85. The van der Waals surface area contributed by atoms with E-state index in [4.69, 9.17) is 4.74 Å². The average Bonchev–Trinajstić information content (AvgIpc) is 2.40. The van der Waals surface area contributed by atoms with Gasteiger partial charge in [0, 0.05) is 5.39 Å². The highest BCUT2D eigenvalue weighted by molar-refractivity contribution is 5.79. The molecule has 82 valence electrons. The summed E-state index contributed by atoms with van der Waals surface area (Å²) in [6.07, 6.45) is 1.75. The maximum Gasteiger partial charge on any atom is 0.146 e. The Hall–Kier alpha value is -2.35. The van der Waals surface area contributed by atoms with E-state index in [1.165, 1.54) is 0 Å². The van der Waals surface area contributed by atoms with Crippen molar-refractivity contribution in [2.75, 3.05) is 0 Å². The SMILES string of the molecule is c1ccc(Oc2cnc3ccccc3c2)cc1. The Balaban J connectivity index is 1.96. The molecule has 2 nitrogen and oxygen atoms in total. The highest BCUT2D eigenvalue weighted by Crippen LogP contribution is 2.23. The number of para-hydroxylation sites is 2. The van der Waals surface area contributed by atoms with Gasteiger partial charge in [0.15, 0.2) is 0 Å². The number of hydrogen-bond acceptors (Lipinski definition) is 2. The van der Waals surface area contributed by atoms with Crippen molar-refractivity contribution in [3.63, 3.8) is 0 Å². The molecule has 2 heteroatoms. The van der Waals surface area contributed by atoms with Crippen molar-refractivity contribution in [3.05, 3.63) is 66.9 Å². The zero-order valence-electron chi connectivity index (χ0n) is 9.21. The van der Waals surface area contributed by atoms with Crippen LogP contribution in [0.5, 0.6) is 11.5 Å². The van der Waals surface area contributed by atoms with Crippen LogP contribution in [0.3, 0.4) is 0 Å². The van der Waals surface area contributed by atoms with Gasteiger partial charge in [0.05, 0.1) is 11.7 Å². The van der Waals surface area contributed by atoms with Crippen molar-refractivity contribution in [1.82, 2.24) is 4.98 Å². The first-order chi connectivity index (χ1) is 8.42. The number of ether oxygens (including phenoxy) is 1. The van der Waals surface area contributed by atoms with E-state index >= 15 is 0 Å². The molecular formula is C15H11NO. The summed E-state index contributed by atoms with van der Waals surface area (Å²) in [7, 11) is 0. The molecule has 0 spiro atoms. The summed E-state index contributed by atoms with van der Waals surface area (Å²) in [5, 5.41) is 1.08. The van der Waals surface area contributed by atoms with E-state index in [0.29, 0.717) is 0 Å². The van der Waals surface area contributed by atoms with Gasteiger partial charge in [0.1, 0.15) is 11.5 Å². The molecular weight excluding hydrogens is 210 g/mol. The summed E-state index contributed by atoms with van der Waals surface area (Å²) in [5.41, 5.74) is 0.980. The Bertz CT molecular complexity index is 635. The Kier molecular flexibility index (Phi) is 2.47. The summed E-state index contributed by atoms with van der Waals surface area (Å²) < 4.78 is 5.72. The van der Waals surface area contributed by atoms with Crippen LogP contribution in [0.2, 0.25) is 0 Å². The number of hydrogen-bond donors (Lipinski definition) is 0. The normalized spacial score (nSPS) is 10.4. The quantitative estimate of drug-likeness (QED) is 0.651. The first-order valence-corrected chi connectivity index (χ1v) is 5.49. The Morgan fingerprint density at radius 3 is 2.41 bits per heavy atom. The van der Waals surface area contributed by atoms with Crippen molar-refractivity contribution >= 4 is 10.9 Å². The van der Waals surface area contributed by atoms with Gasteiger partial charge in [-0.25, -0.2) is 0 Å². The fourth-order valence-corrected chi connectivity index (χ4v) is 1.73. The van der Waals surface area contributed by atoms with Crippen molar-refractivity contribution in [1.29, 1.82) is 0 Å². The molecule has 3 rings (SSSR count). The fraction of sp³-hybridized carbons (Fsp3) is 0. The summed E-state index contributed by atoms with van der Waals surface area (Å²) in [6.45, 7) is 0. The standard InChI is InChI=1S/C15H11NO/c1-2-7-13(8-3-1)17-14-10-12-6-4-5-9-15(12)16-11-14/h1-11H. The maximum atomic E-state index is 5.72. The van der Waals surface area contributed by atoms with Gasteiger partial charge in [-0.2, -0.15) is 0 Å². The zero-order valence-corrected chi connectivity index (χ0v) is 9.21. The molecule has 0 amide bonds. The van der Waals surface area contributed by atoms with Gasteiger partial charge in [0.2, 0.25) is 0 Å². The van der Waals surface area contributed by atoms with Crippen molar-refractivity contribution in [3.8, 4) is 11.5 Å². The number of aromatic nitrogens is 1. The van der Waals surface area contributed by atoms with E-state index in [1.807, 2.05) is 60.7 Å². The minimum Gasteiger partial charge on any atom is -0.456 e. The highest BCUT2D eigenvalue weighted by Gasteiger charge is 1.99. The highest BCUT2D eigenvalue weighted by atomic mass is 16.5. The van der Waals surface area contributed by atoms with E-state index in [1.54, 1.807) is 6.20 Å². The molecule has 17 heavy (non-hydrogen) atoms. The number of pyridine rings is 1. The van der Waals surface area contributed by atoms with Crippen molar-refractivity contribution in [2.45, 2.75) is 0 Å². The topological polar surface area (TPSA) is 22.1 Å². The lowest BCUT2D eigenvalue weighted by atomic mass is 10.2. The molecule has 0 radical (unpaired) electrons. The van der Waals surface area contributed by atoms with E-state index in [9.17, 15) is 0 Å². The second kappa shape index (κ2) is 4.26. The number of fused-ring (bicyclic) bond motifs is 1. The lowest BCUT2D eigenvalue weighted by molar-refractivity contribution is 0.481. The van der Waals surface area contributed by atoms with Gasteiger partial charge in [-0.3, -0.25) is 4.98 Å². The van der Waals surface area contributed by atoms with Gasteiger partial charge in [-0.05, 0) is 24.3 Å². The molecule has 0 atom stereocenters. The third-order valence-electron chi connectivity index (χ3n) is 2.54. The third-order valence-corrected chi connectivity index (χ3v) is 2.54. The van der Waals surface area contributed by atoms with Gasteiger partial charge in [-0.15, -0.1) is 0 Å². The molecule has 0 N–H and O–H groups in total.